The minimum Gasteiger partial charge on any atom is -0.332 e. The fourth-order valence-electron chi connectivity index (χ4n) is 3.64. The average Bonchev–Trinajstić information content (AvgIpc) is 3.42. The summed E-state index contributed by atoms with van der Waals surface area (Å²) in [6, 6.07) is 12.8. The largest absolute Gasteiger partial charge is 0.332 e. The standard InChI is InChI=1S/C20H16N4OS/c1-13-21-19(25-24-13)18-16-7-9-20(11-17(16)22-23-18,15-8-10-26-12-15)14-5-3-2-4-6-14/h2-10,12H,11H2,1H3,(H,22,23). The zero-order chi connectivity index (χ0) is 17.6. The van der Waals surface area contributed by atoms with Crippen LogP contribution in [0.4, 0.5) is 0 Å². The number of rotatable bonds is 3. The molecule has 0 spiro atoms. The Morgan fingerprint density at radius 3 is 2.77 bits per heavy atom. The molecule has 5 rings (SSSR count). The molecule has 5 nitrogen and oxygen atoms in total. The Labute approximate surface area is 154 Å². The van der Waals surface area contributed by atoms with Crippen molar-refractivity contribution in [3.8, 4) is 11.6 Å². The minimum absolute atomic E-state index is 0.206. The Kier molecular flexibility index (Phi) is 3.39. The molecule has 0 amide bonds. The third-order valence-corrected chi connectivity index (χ3v) is 5.61. The third kappa shape index (κ3) is 2.26. The van der Waals surface area contributed by atoms with Gasteiger partial charge in [-0.05, 0) is 34.9 Å². The van der Waals surface area contributed by atoms with Crippen molar-refractivity contribution in [2.24, 2.45) is 0 Å². The molecular formula is C20H16N4OS. The molecule has 1 unspecified atom stereocenters. The number of allylic oxidation sites excluding steroid dienone is 1. The van der Waals surface area contributed by atoms with Crippen LogP contribution in [0.2, 0.25) is 0 Å². The molecule has 1 N–H and O–H groups in total. The number of benzene rings is 1. The van der Waals surface area contributed by atoms with Crippen molar-refractivity contribution in [1.82, 2.24) is 20.3 Å². The Morgan fingerprint density at radius 1 is 1.15 bits per heavy atom. The first-order valence-electron chi connectivity index (χ1n) is 8.42. The van der Waals surface area contributed by atoms with Gasteiger partial charge in [0.15, 0.2) is 11.5 Å². The van der Waals surface area contributed by atoms with E-state index in [4.69, 9.17) is 4.52 Å². The maximum absolute atomic E-state index is 5.31. The van der Waals surface area contributed by atoms with Crippen LogP contribution in [0.5, 0.6) is 0 Å². The predicted octanol–water partition coefficient (Wildman–Crippen LogP) is 4.39. The number of hydrogen-bond acceptors (Lipinski definition) is 5. The molecule has 3 aromatic heterocycles. The molecule has 1 aliphatic carbocycles. The van der Waals surface area contributed by atoms with E-state index in [2.05, 4.69) is 79.6 Å². The number of hydrogen-bond donors (Lipinski definition) is 1. The Morgan fingerprint density at radius 2 is 2.04 bits per heavy atom. The van der Waals surface area contributed by atoms with Gasteiger partial charge >= 0.3 is 0 Å². The summed E-state index contributed by atoms with van der Waals surface area (Å²) in [7, 11) is 0. The molecule has 6 heteroatoms. The molecule has 0 saturated carbocycles. The molecule has 1 atom stereocenters. The molecule has 0 radical (unpaired) electrons. The van der Waals surface area contributed by atoms with Crippen molar-refractivity contribution in [2.75, 3.05) is 0 Å². The van der Waals surface area contributed by atoms with Crippen molar-refractivity contribution in [1.29, 1.82) is 0 Å². The van der Waals surface area contributed by atoms with Crippen LogP contribution in [-0.4, -0.2) is 20.3 Å². The van der Waals surface area contributed by atoms with E-state index in [-0.39, 0.29) is 5.41 Å². The molecule has 0 aliphatic heterocycles. The molecule has 3 heterocycles. The second-order valence-electron chi connectivity index (χ2n) is 6.47. The Balaban J connectivity index is 1.65. The highest BCUT2D eigenvalue weighted by Gasteiger charge is 2.37. The van der Waals surface area contributed by atoms with Gasteiger partial charge in [0.2, 0.25) is 0 Å². The number of aromatic amines is 1. The topological polar surface area (TPSA) is 67.6 Å². The predicted molar refractivity (Wildman–Crippen MR) is 101 cm³/mol. The normalized spacial score (nSPS) is 18.8. The number of H-pyrrole nitrogens is 1. The zero-order valence-electron chi connectivity index (χ0n) is 14.1. The molecule has 0 bridgehead atoms. The van der Waals surface area contributed by atoms with E-state index in [0.29, 0.717) is 17.4 Å². The minimum atomic E-state index is -0.206. The summed E-state index contributed by atoms with van der Waals surface area (Å²) in [5, 5.41) is 15.9. The van der Waals surface area contributed by atoms with Crippen molar-refractivity contribution in [3.05, 3.63) is 81.4 Å². The Hall–Kier alpha value is -2.99. The van der Waals surface area contributed by atoms with Gasteiger partial charge in [0.1, 0.15) is 0 Å². The first-order chi connectivity index (χ1) is 12.8. The first-order valence-corrected chi connectivity index (χ1v) is 9.36. The molecule has 4 aromatic rings. The fraction of sp³-hybridized carbons (Fsp3) is 0.150. The Bertz CT molecular complexity index is 1080. The maximum Gasteiger partial charge on any atom is 0.279 e. The van der Waals surface area contributed by atoms with Gasteiger partial charge in [0.25, 0.3) is 5.89 Å². The number of nitrogens with zero attached hydrogens (tertiary/aromatic N) is 3. The van der Waals surface area contributed by atoms with Crippen LogP contribution in [-0.2, 0) is 11.8 Å². The van der Waals surface area contributed by atoms with Crippen LogP contribution in [0.25, 0.3) is 17.7 Å². The van der Waals surface area contributed by atoms with Gasteiger partial charge in [-0.25, -0.2) is 0 Å². The second-order valence-corrected chi connectivity index (χ2v) is 7.25. The van der Waals surface area contributed by atoms with E-state index in [0.717, 1.165) is 17.7 Å². The summed E-state index contributed by atoms with van der Waals surface area (Å²) < 4.78 is 5.31. The first kappa shape index (κ1) is 15.3. The summed E-state index contributed by atoms with van der Waals surface area (Å²) in [6.07, 6.45) is 5.20. The smallest absolute Gasteiger partial charge is 0.279 e. The lowest BCUT2D eigenvalue weighted by molar-refractivity contribution is 0.424. The number of aromatic nitrogens is 4. The average molecular weight is 360 g/mol. The molecule has 26 heavy (non-hydrogen) atoms. The van der Waals surface area contributed by atoms with Gasteiger partial charge in [0.05, 0.1) is 0 Å². The number of aryl methyl sites for hydroxylation is 1. The molecule has 0 fully saturated rings. The van der Waals surface area contributed by atoms with Crippen molar-refractivity contribution in [2.45, 2.75) is 18.8 Å². The van der Waals surface area contributed by atoms with Crippen molar-refractivity contribution >= 4 is 17.4 Å². The van der Waals surface area contributed by atoms with Crippen LogP contribution in [0.15, 0.2) is 57.8 Å². The highest BCUT2D eigenvalue weighted by Crippen LogP contribution is 2.43. The van der Waals surface area contributed by atoms with E-state index in [1.807, 2.05) is 0 Å². The number of nitrogens with one attached hydrogen (secondary N) is 1. The molecule has 0 saturated heterocycles. The van der Waals surface area contributed by atoms with Gasteiger partial charge < -0.3 is 4.52 Å². The van der Waals surface area contributed by atoms with Crippen LogP contribution < -0.4 is 0 Å². The number of thiophene rings is 1. The lowest BCUT2D eigenvalue weighted by Gasteiger charge is -2.33. The third-order valence-electron chi connectivity index (χ3n) is 4.93. The molecular weight excluding hydrogens is 344 g/mol. The van der Waals surface area contributed by atoms with Crippen LogP contribution >= 0.6 is 11.3 Å². The van der Waals surface area contributed by atoms with Crippen LogP contribution in [0.1, 0.15) is 28.2 Å². The fourth-order valence-corrected chi connectivity index (χ4v) is 4.38. The molecule has 1 aromatic carbocycles. The summed E-state index contributed by atoms with van der Waals surface area (Å²) in [4.78, 5) is 4.31. The number of fused-ring (bicyclic) bond motifs is 1. The van der Waals surface area contributed by atoms with E-state index >= 15 is 0 Å². The van der Waals surface area contributed by atoms with Crippen molar-refractivity contribution in [3.63, 3.8) is 0 Å². The maximum atomic E-state index is 5.31. The quantitative estimate of drug-likeness (QED) is 0.588. The lowest BCUT2D eigenvalue weighted by atomic mass is 9.69. The van der Waals surface area contributed by atoms with Gasteiger partial charge in [-0.2, -0.15) is 21.4 Å². The van der Waals surface area contributed by atoms with E-state index in [1.165, 1.54) is 11.1 Å². The van der Waals surface area contributed by atoms with Crippen LogP contribution in [0, 0.1) is 6.92 Å². The summed E-state index contributed by atoms with van der Waals surface area (Å²) in [5.41, 5.74) is 5.17. The second kappa shape index (κ2) is 5.78. The molecule has 1 aliphatic rings. The summed E-state index contributed by atoms with van der Waals surface area (Å²) >= 11 is 1.72. The SMILES string of the molecule is Cc1noc(-c2n[nH]c3c2C=CC(c2ccccc2)(c2ccsc2)C3)n1. The highest BCUT2D eigenvalue weighted by molar-refractivity contribution is 7.08. The van der Waals surface area contributed by atoms with E-state index < -0.39 is 0 Å². The van der Waals surface area contributed by atoms with Gasteiger partial charge in [-0.15, -0.1) is 0 Å². The highest BCUT2D eigenvalue weighted by atomic mass is 32.1. The van der Waals surface area contributed by atoms with Crippen LogP contribution in [0.3, 0.4) is 0 Å². The lowest BCUT2D eigenvalue weighted by Crippen LogP contribution is -2.30. The summed E-state index contributed by atoms with van der Waals surface area (Å²) in [5.74, 6) is 1.06. The van der Waals surface area contributed by atoms with Gasteiger partial charge in [0, 0.05) is 23.1 Å². The summed E-state index contributed by atoms with van der Waals surface area (Å²) in [6.45, 7) is 1.80. The van der Waals surface area contributed by atoms with Crippen molar-refractivity contribution < 1.29 is 4.52 Å². The molecule has 128 valence electrons. The monoisotopic (exact) mass is 360 g/mol. The van der Waals surface area contributed by atoms with E-state index in [1.54, 1.807) is 18.3 Å². The zero-order valence-corrected chi connectivity index (χ0v) is 15.0. The van der Waals surface area contributed by atoms with E-state index in [9.17, 15) is 0 Å². The van der Waals surface area contributed by atoms with Gasteiger partial charge in [-0.1, -0.05) is 47.6 Å². The van der Waals surface area contributed by atoms with Gasteiger partial charge in [-0.3, -0.25) is 5.10 Å².